The zero-order valence-electron chi connectivity index (χ0n) is 14.0. The van der Waals surface area contributed by atoms with Gasteiger partial charge in [-0.15, -0.1) is 12.4 Å². The smallest absolute Gasteiger partial charge is 0.254 e. The van der Waals surface area contributed by atoms with Crippen LogP contribution in [0.25, 0.3) is 0 Å². The van der Waals surface area contributed by atoms with E-state index in [1.807, 2.05) is 30.9 Å². The molecule has 0 aromatic heterocycles. The molecule has 1 amide bonds. The van der Waals surface area contributed by atoms with E-state index in [2.05, 4.69) is 11.4 Å². The molecule has 1 aromatic rings. The molecule has 1 aromatic carbocycles. The van der Waals surface area contributed by atoms with Crippen LogP contribution in [-0.2, 0) is 0 Å². The normalized spacial score (nSPS) is 22.9. The number of nitrogens with zero attached hydrogens (tertiary/aromatic N) is 1. The van der Waals surface area contributed by atoms with Crippen LogP contribution in [0.2, 0.25) is 0 Å². The van der Waals surface area contributed by atoms with E-state index < -0.39 is 0 Å². The lowest BCUT2D eigenvalue weighted by molar-refractivity contribution is 0.0755. The topological polar surface area (TPSA) is 52.6 Å². The van der Waals surface area contributed by atoms with Crippen LogP contribution in [0, 0.1) is 25.2 Å². The van der Waals surface area contributed by atoms with Gasteiger partial charge in [0.15, 0.2) is 0 Å². The highest BCUT2D eigenvalue weighted by atomic mass is 35.5. The van der Waals surface area contributed by atoms with E-state index in [-0.39, 0.29) is 36.3 Å². The summed E-state index contributed by atoms with van der Waals surface area (Å²) in [6.07, 6.45) is 2.10. The van der Waals surface area contributed by atoms with E-state index in [1.165, 1.54) is 5.56 Å². The lowest BCUT2D eigenvalue weighted by atomic mass is 9.71. The predicted octanol–water partition coefficient (Wildman–Crippen LogP) is 2.16. The van der Waals surface area contributed by atoms with Crippen molar-refractivity contribution in [3.05, 3.63) is 34.9 Å². The van der Waals surface area contributed by atoms with Crippen LogP contribution in [-0.4, -0.2) is 48.7 Å². The lowest BCUT2D eigenvalue weighted by Crippen LogP contribution is -2.43. The molecule has 4 nitrogen and oxygen atoms in total. The number of carbonyl (C=O) groups excluding carboxylic acids is 1. The fourth-order valence-electron chi connectivity index (χ4n) is 4.15. The van der Waals surface area contributed by atoms with Crippen LogP contribution in [0.1, 0.15) is 34.3 Å². The van der Waals surface area contributed by atoms with Gasteiger partial charge in [-0.3, -0.25) is 4.79 Å². The van der Waals surface area contributed by atoms with Crippen molar-refractivity contribution in [2.75, 3.05) is 32.8 Å². The second-order valence-electron chi connectivity index (χ2n) is 7.00. The lowest BCUT2D eigenvalue weighted by Gasteiger charge is -2.37. The Morgan fingerprint density at radius 1 is 1.35 bits per heavy atom. The third kappa shape index (κ3) is 3.39. The maximum atomic E-state index is 12.9. The third-order valence-corrected chi connectivity index (χ3v) is 5.53. The average Bonchev–Trinajstić information content (AvgIpc) is 2.85. The van der Waals surface area contributed by atoms with Crippen molar-refractivity contribution in [2.24, 2.45) is 11.3 Å². The van der Waals surface area contributed by atoms with Gasteiger partial charge in [0.05, 0.1) is 0 Å². The largest absolute Gasteiger partial charge is 0.396 e. The molecule has 2 heterocycles. The number of aryl methyl sites for hydroxylation is 2. The molecule has 2 saturated heterocycles. The summed E-state index contributed by atoms with van der Waals surface area (Å²) in [7, 11) is 0. The summed E-state index contributed by atoms with van der Waals surface area (Å²) in [5.74, 6) is 0.329. The first kappa shape index (κ1) is 18.2. The maximum Gasteiger partial charge on any atom is 0.254 e. The molecule has 2 aliphatic heterocycles. The van der Waals surface area contributed by atoms with Gasteiger partial charge < -0.3 is 15.3 Å². The summed E-state index contributed by atoms with van der Waals surface area (Å²) in [5.41, 5.74) is 3.12. The molecule has 0 bridgehead atoms. The molecule has 0 saturated carbocycles. The zero-order chi connectivity index (χ0) is 15.7. The summed E-state index contributed by atoms with van der Waals surface area (Å²) >= 11 is 0. The van der Waals surface area contributed by atoms with Crippen molar-refractivity contribution < 1.29 is 9.90 Å². The van der Waals surface area contributed by atoms with Gasteiger partial charge in [0.25, 0.3) is 5.91 Å². The molecule has 2 fully saturated rings. The van der Waals surface area contributed by atoms with Crippen molar-refractivity contribution in [1.82, 2.24) is 10.2 Å². The van der Waals surface area contributed by atoms with Gasteiger partial charge in [-0.05, 0) is 56.8 Å². The minimum Gasteiger partial charge on any atom is -0.396 e. The highest BCUT2D eigenvalue weighted by molar-refractivity contribution is 5.96. The standard InChI is InChI=1S/C18H26N2O2.ClH/c1-13-3-4-16(14(2)9-13)17(22)20-10-15(11-21)18(12-20)5-7-19-8-6-18;/h3-4,9,15,19,21H,5-8,10-12H2,1-2H3;1H. The molecule has 1 unspecified atom stereocenters. The summed E-state index contributed by atoms with van der Waals surface area (Å²) in [5, 5.41) is 13.2. The number of benzene rings is 1. The number of amides is 1. The van der Waals surface area contributed by atoms with Gasteiger partial charge in [0.1, 0.15) is 0 Å². The highest BCUT2D eigenvalue weighted by Gasteiger charge is 2.47. The molecular formula is C18H27ClN2O2. The summed E-state index contributed by atoms with van der Waals surface area (Å²) < 4.78 is 0. The van der Waals surface area contributed by atoms with Crippen LogP contribution in [0.3, 0.4) is 0 Å². The second kappa shape index (κ2) is 7.20. The van der Waals surface area contributed by atoms with Crippen LogP contribution in [0.5, 0.6) is 0 Å². The number of nitrogens with one attached hydrogen (secondary N) is 1. The fourth-order valence-corrected chi connectivity index (χ4v) is 4.15. The van der Waals surface area contributed by atoms with Gasteiger partial charge in [-0.25, -0.2) is 0 Å². The van der Waals surface area contributed by atoms with Crippen molar-refractivity contribution in [2.45, 2.75) is 26.7 Å². The van der Waals surface area contributed by atoms with E-state index in [9.17, 15) is 9.90 Å². The van der Waals surface area contributed by atoms with E-state index in [0.29, 0.717) is 6.54 Å². The quantitative estimate of drug-likeness (QED) is 0.869. The van der Waals surface area contributed by atoms with Gasteiger partial charge in [0.2, 0.25) is 0 Å². The Morgan fingerprint density at radius 3 is 2.65 bits per heavy atom. The average molecular weight is 339 g/mol. The first-order chi connectivity index (χ1) is 10.6. The Balaban J connectivity index is 0.00000192. The Labute approximate surface area is 144 Å². The molecule has 2 N–H and O–H groups in total. The minimum atomic E-state index is 0. The highest BCUT2D eigenvalue weighted by Crippen LogP contribution is 2.43. The second-order valence-corrected chi connectivity index (χ2v) is 7.00. The number of halogens is 1. The van der Waals surface area contributed by atoms with Gasteiger partial charge >= 0.3 is 0 Å². The summed E-state index contributed by atoms with van der Waals surface area (Å²) in [4.78, 5) is 14.9. The van der Waals surface area contributed by atoms with Crippen LogP contribution in [0.15, 0.2) is 18.2 Å². The molecule has 5 heteroatoms. The Kier molecular flexibility index (Phi) is 5.71. The maximum absolute atomic E-state index is 12.9. The third-order valence-electron chi connectivity index (χ3n) is 5.53. The monoisotopic (exact) mass is 338 g/mol. The summed E-state index contributed by atoms with van der Waals surface area (Å²) in [6, 6.07) is 6.00. The molecule has 2 aliphatic rings. The zero-order valence-corrected chi connectivity index (χ0v) is 14.8. The van der Waals surface area contributed by atoms with E-state index in [4.69, 9.17) is 0 Å². The Bertz CT molecular complexity index is 570. The number of likely N-dealkylation sites (tertiary alicyclic amines) is 1. The van der Waals surface area contributed by atoms with Crippen molar-refractivity contribution in [3.8, 4) is 0 Å². The SMILES string of the molecule is Cc1ccc(C(=O)N2CC(CO)C3(CCNCC3)C2)c(C)c1.Cl. The van der Waals surface area contributed by atoms with Crippen molar-refractivity contribution >= 4 is 18.3 Å². The Hall–Kier alpha value is -1.10. The number of rotatable bonds is 2. The fraction of sp³-hybridized carbons (Fsp3) is 0.611. The molecular weight excluding hydrogens is 312 g/mol. The van der Waals surface area contributed by atoms with Crippen molar-refractivity contribution in [3.63, 3.8) is 0 Å². The first-order valence-corrected chi connectivity index (χ1v) is 8.24. The number of piperidine rings is 1. The molecule has 128 valence electrons. The van der Waals surface area contributed by atoms with E-state index in [0.717, 1.165) is 43.6 Å². The van der Waals surface area contributed by atoms with Gasteiger partial charge in [-0.1, -0.05) is 17.7 Å². The number of carbonyl (C=O) groups is 1. The predicted molar refractivity (Wildman–Crippen MR) is 94.2 cm³/mol. The molecule has 3 rings (SSSR count). The first-order valence-electron chi connectivity index (χ1n) is 8.24. The minimum absolute atomic E-state index is 0. The van der Waals surface area contributed by atoms with Gasteiger partial charge in [0, 0.05) is 31.2 Å². The van der Waals surface area contributed by atoms with Crippen molar-refractivity contribution in [1.29, 1.82) is 0 Å². The number of aliphatic hydroxyl groups is 1. The Morgan fingerprint density at radius 2 is 2.04 bits per heavy atom. The molecule has 0 aliphatic carbocycles. The molecule has 1 spiro atoms. The van der Waals surface area contributed by atoms with Crippen LogP contribution >= 0.6 is 12.4 Å². The number of aliphatic hydroxyl groups excluding tert-OH is 1. The summed E-state index contributed by atoms with van der Waals surface area (Å²) in [6.45, 7) is 7.67. The van der Waals surface area contributed by atoms with E-state index >= 15 is 0 Å². The van der Waals surface area contributed by atoms with E-state index in [1.54, 1.807) is 0 Å². The van der Waals surface area contributed by atoms with Crippen LogP contribution < -0.4 is 5.32 Å². The van der Waals surface area contributed by atoms with Crippen LogP contribution in [0.4, 0.5) is 0 Å². The van der Waals surface area contributed by atoms with Gasteiger partial charge in [-0.2, -0.15) is 0 Å². The number of hydrogen-bond acceptors (Lipinski definition) is 3. The molecule has 0 radical (unpaired) electrons. The molecule has 23 heavy (non-hydrogen) atoms. The number of hydrogen-bond donors (Lipinski definition) is 2. The molecule has 1 atom stereocenters.